The van der Waals surface area contributed by atoms with E-state index in [-0.39, 0.29) is 37.2 Å². The molecular weight excluding hydrogens is 434 g/mol. The van der Waals surface area contributed by atoms with Gasteiger partial charge < -0.3 is 9.64 Å². The van der Waals surface area contributed by atoms with Crippen LogP contribution in [0.25, 0.3) is 0 Å². The lowest BCUT2D eigenvalue weighted by Gasteiger charge is -2.40. The molecule has 2 aliphatic heterocycles. The van der Waals surface area contributed by atoms with Gasteiger partial charge in [-0.1, -0.05) is 0 Å². The molecule has 4 rings (SSSR count). The van der Waals surface area contributed by atoms with Crippen LogP contribution in [-0.2, 0) is 14.3 Å². The van der Waals surface area contributed by atoms with Gasteiger partial charge in [-0.05, 0) is 49.2 Å². The Hall–Kier alpha value is -4.00. The van der Waals surface area contributed by atoms with E-state index in [0.29, 0.717) is 11.3 Å². The van der Waals surface area contributed by atoms with Crippen LogP contribution in [0.3, 0.4) is 0 Å². The molecule has 1 atom stereocenters. The summed E-state index contributed by atoms with van der Waals surface area (Å²) >= 11 is 0. The van der Waals surface area contributed by atoms with E-state index in [2.05, 4.69) is 10.6 Å². The minimum Gasteiger partial charge on any atom is -0.442 e. The maximum atomic E-state index is 14.7. The van der Waals surface area contributed by atoms with Crippen LogP contribution in [0.4, 0.5) is 25.0 Å². The first-order valence-corrected chi connectivity index (χ1v) is 10.3. The van der Waals surface area contributed by atoms with E-state index in [1.54, 1.807) is 24.0 Å². The largest absolute Gasteiger partial charge is 0.442 e. The quantitative estimate of drug-likeness (QED) is 0.687. The van der Waals surface area contributed by atoms with Crippen molar-refractivity contribution >= 4 is 29.3 Å². The van der Waals surface area contributed by atoms with E-state index < -0.39 is 41.6 Å². The Morgan fingerprint density at radius 3 is 2.52 bits per heavy atom. The first-order chi connectivity index (χ1) is 15.7. The second kappa shape index (κ2) is 8.86. The molecule has 2 aliphatic rings. The van der Waals surface area contributed by atoms with Gasteiger partial charge in [-0.3, -0.25) is 20.2 Å². The third-order valence-corrected chi connectivity index (χ3v) is 5.59. The number of benzene rings is 2. The third kappa shape index (κ3) is 4.77. The molecule has 2 N–H and O–H groups in total. The number of anilines is 2. The van der Waals surface area contributed by atoms with Gasteiger partial charge in [-0.2, -0.15) is 5.26 Å². The van der Waals surface area contributed by atoms with Crippen molar-refractivity contribution in [2.24, 2.45) is 0 Å². The van der Waals surface area contributed by atoms with Crippen molar-refractivity contribution in [1.29, 1.82) is 5.26 Å². The lowest BCUT2D eigenvalue weighted by atomic mass is 9.89. The first kappa shape index (κ1) is 22.2. The van der Waals surface area contributed by atoms with E-state index in [1.165, 1.54) is 6.07 Å². The summed E-state index contributed by atoms with van der Waals surface area (Å²) in [7, 11) is 0. The van der Waals surface area contributed by atoms with Crippen molar-refractivity contribution in [2.45, 2.75) is 31.8 Å². The van der Waals surface area contributed by atoms with Crippen molar-refractivity contribution in [3.8, 4) is 6.07 Å². The molecule has 10 heteroatoms. The first-order valence-electron chi connectivity index (χ1n) is 10.3. The number of nitrogens with one attached hydrogen (secondary N) is 2. The van der Waals surface area contributed by atoms with Gasteiger partial charge in [0.2, 0.25) is 11.8 Å². The Morgan fingerprint density at radius 1 is 1.18 bits per heavy atom. The minimum atomic E-state index is -1.06. The van der Waals surface area contributed by atoms with Gasteiger partial charge >= 0.3 is 6.09 Å². The molecule has 0 bridgehead atoms. The number of carbonyl (C=O) groups is 3. The second-order valence-corrected chi connectivity index (χ2v) is 8.08. The highest BCUT2D eigenvalue weighted by Gasteiger charge is 2.35. The van der Waals surface area contributed by atoms with Crippen LogP contribution >= 0.6 is 0 Å². The number of hydrogen-bond acceptors (Lipinski definition) is 6. The number of ether oxygens (including phenoxy) is 1. The van der Waals surface area contributed by atoms with Crippen molar-refractivity contribution in [3.63, 3.8) is 0 Å². The predicted molar refractivity (Wildman–Crippen MR) is 113 cm³/mol. The highest BCUT2D eigenvalue weighted by Crippen LogP contribution is 2.33. The van der Waals surface area contributed by atoms with E-state index in [4.69, 9.17) is 10.00 Å². The molecule has 33 heavy (non-hydrogen) atoms. The molecule has 0 aromatic heterocycles. The standard InChI is InChI=1S/C23H20F2N4O4/c1-12-4-13(9-26)6-14(5-12)27-23(32)33-16-10-29(11-16)15-7-18(24)21(19(25)8-15)17-2-3-20(30)28-22(17)31/h4-8,16-17H,2-3,10-11H2,1H3,(H,27,32)(H,28,30,31). The topological polar surface area (TPSA) is 112 Å². The van der Waals surface area contributed by atoms with Gasteiger partial charge in [-0.15, -0.1) is 0 Å². The molecule has 2 fully saturated rings. The van der Waals surface area contributed by atoms with E-state index in [0.717, 1.165) is 17.7 Å². The summed E-state index contributed by atoms with van der Waals surface area (Å²) < 4.78 is 34.7. The van der Waals surface area contributed by atoms with Crippen LogP contribution in [0.2, 0.25) is 0 Å². The molecule has 1 unspecified atom stereocenters. The number of amides is 3. The molecule has 8 nitrogen and oxygen atoms in total. The molecule has 170 valence electrons. The van der Waals surface area contributed by atoms with Crippen molar-refractivity contribution in [1.82, 2.24) is 5.32 Å². The Balaban J connectivity index is 1.36. The SMILES string of the molecule is Cc1cc(C#N)cc(NC(=O)OC2CN(c3cc(F)c(C4CCC(=O)NC4=O)c(F)c3)C2)c1. The van der Waals surface area contributed by atoms with Gasteiger partial charge in [-0.25, -0.2) is 13.6 Å². The number of hydrogen-bond donors (Lipinski definition) is 2. The number of imide groups is 1. The number of nitrogens with zero attached hydrogens (tertiary/aromatic N) is 2. The van der Waals surface area contributed by atoms with Crippen molar-refractivity contribution < 1.29 is 27.9 Å². The number of nitriles is 1. The van der Waals surface area contributed by atoms with Crippen LogP contribution in [0.15, 0.2) is 30.3 Å². The van der Waals surface area contributed by atoms with Crippen molar-refractivity contribution in [3.05, 3.63) is 58.7 Å². The lowest BCUT2D eigenvalue weighted by molar-refractivity contribution is -0.134. The highest BCUT2D eigenvalue weighted by atomic mass is 19.1. The highest BCUT2D eigenvalue weighted by molar-refractivity contribution is 6.01. The third-order valence-electron chi connectivity index (χ3n) is 5.59. The maximum absolute atomic E-state index is 14.7. The van der Waals surface area contributed by atoms with E-state index in [1.807, 2.05) is 6.07 Å². The molecule has 2 aromatic carbocycles. The summed E-state index contributed by atoms with van der Waals surface area (Å²) in [6.07, 6.45) is -1.11. The fraction of sp³-hybridized carbons (Fsp3) is 0.304. The zero-order valence-corrected chi connectivity index (χ0v) is 17.7. The maximum Gasteiger partial charge on any atom is 0.412 e. The zero-order chi connectivity index (χ0) is 23.7. The molecule has 2 heterocycles. The van der Waals surface area contributed by atoms with Gasteiger partial charge in [0, 0.05) is 23.4 Å². The molecule has 2 aromatic rings. The second-order valence-electron chi connectivity index (χ2n) is 8.08. The molecule has 2 saturated heterocycles. The molecule has 0 spiro atoms. The molecule has 0 radical (unpaired) electrons. The fourth-order valence-electron chi connectivity index (χ4n) is 4.00. The average Bonchev–Trinajstić information content (AvgIpc) is 2.70. The van der Waals surface area contributed by atoms with Crippen LogP contribution in [-0.4, -0.2) is 37.1 Å². The molecule has 0 saturated carbocycles. The van der Waals surface area contributed by atoms with Gasteiger partial charge in [0.1, 0.15) is 17.7 Å². The zero-order valence-electron chi connectivity index (χ0n) is 17.7. The fourth-order valence-corrected chi connectivity index (χ4v) is 4.00. The van der Waals surface area contributed by atoms with Crippen LogP contribution in [0, 0.1) is 29.9 Å². The smallest absolute Gasteiger partial charge is 0.412 e. The van der Waals surface area contributed by atoms with Gasteiger partial charge in [0.25, 0.3) is 0 Å². The van der Waals surface area contributed by atoms with Crippen LogP contribution in [0.1, 0.15) is 35.4 Å². The monoisotopic (exact) mass is 454 g/mol. The summed E-state index contributed by atoms with van der Waals surface area (Å²) in [5.41, 5.74) is 1.56. The summed E-state index contributed by atoms with van der Waals surface area (Å²) in [5.74, 6) is -3.97. The lowest BCUT2D eigenvalue weighted by Crippen LogP contribution is -2.53. The molecule has 0 aliphatic carbocycles. The Bertz CT molecular complexity index is 1160. The number of piperidine rings is 1. The van der Waals surface area contributed by atoms with Gasteiger partial charge in [0.15, 0.2) is 0 Å². The van der Waals surface area contributed by atoms with Crippen molar-refractivity contribution in [2.75, 3.05) is 23.3 Å². The van der Waals surface area contributed by atoms with E-state index >= 15 is 0 Å². The molecular formula is C23H20F2N4O4. The van der Waals surface area contributed by atoms with E-state index in [9.17, 15) is 23.2 Å². The Morgan fingerprint density at radius 2 is 1.88 bits per heavy atom. The number of halogens is 2. The number of rotatable bonds is 4. The van der Waals surface area contributed by atoms with Crippen LogP contribution < -0.4 is 15.5 Å². The number of aryl methyl sites for hydroxylation is 1. The average molecular weight is 454 g/mol. The minimum absolute atomic E-state index is 0.0185. The predicted octanol–water partition coefficient (Wildman–Crippen LogP) is 3.10. The van der Waals surface area contributed by atoms with Crippen LogP contribution in [0.5, 0.6) is 0 Å². The molecule has 3 amide bonds. The normalized spacial score (nSPS) is 18.2. The summed E-state index contributed by atoms with van der Waals surface area (Å²) in [6, 6.07) is 9.19. The number of carbonyl (C=O) groups excluding carboxylic acids is 3. The summed E-state index contributed by atoms with van der Waals surface area (Å²) in [5, 5.41) is 13.7. The summed E-state index contributed by atoms with van der Waals surface area (Å²) in [4.78, 5) is 37.0. The van der Waals surface area contributed by atoms with Gasteiger partial charge in [0.05, 0.1) is 30.6 Å². The Kier molecular flexibility index (Phi) is 5.96. The Labute approximate surface area is 188 Å². The summed E-state index contributed by atoms with van der Waals surface area (Å²) in [6.45, 7) is 2.27.